The van der Waals surface area contributed by atoms with Gasteiger partial charge in [0.1, 0.15) is 18.4 Å². The standard InChI is InChI=1S/C25H25N5O4/c1-30-20-14-18(10-6-3-7-13-31)11-12-21(20)34-16-19(25(30)33)26-24(32)23-27-22(28-29-23)15-17-8-4-2-5-9-17/h2,4-5,8-9,11-12,14,19,22,31H,3,7,13,15-16H2,1H3,(H,26,32)/t19-,22?/m0/s1. The molecule has 2 atom stereocenters. The first-order valence-corrected chi connectivity index (χ1v) is 11.0. The summed E-state index contributed by atoms with van der Waals surface area (Å²) in [6.07, 6.45) is 1.27. The number of amidine groups is 1. The van der Waals surface area contributed by atoms with Gasteiger partial charge in [0.2, 0.25) is 5.84 Å². The van der Waals surface area contributed by atoms with Gasteiger partial charge in [-0.3, -0.25) is 9.59 Å². The Morgan fingerprint density at radius 3 is 2.88 bits per heavy atom. The van der Waals surface area contributed by atoms with E-state index in [1.807, 2.05) is 36.4 Å². The van der Waals surface area contributed by atoms with E-state index in [2.05, 4.69) is 32.4 Å². The molecular formula is C25H25N5O4. The molecule has 0 saturated carbocycles. The minimum atomic E-state index is -0.907. The molecule has 4 rings (SSSR count). The average Bonchev–Trinajstić information content (AvgIpc) is 3.29. The summed E-state index contributed by atoms with van der Waals surface area (Å²) in [6.45, 7) is 0.0693. The van der Waals surface area contributed by atoms with Crippen molar-refractivity contribution in [1.29, 1.82) is 0 Å². The molecule has 2 aromatic rings. The number of hydrogen-bond acceptors (Lipinski definition) is 7. The highest BCUT2D eigenvalue weighted by Gasteiger charge is 2.32. The number of unbranched alkanes of at least 4 members (excludes halogenated alkanes) is 1. The highest BCUT2D eigenvalue weighted by atomic mass is 16.5. The maximum atomic E-state index is 13.0. The topological polar surface area (TPSA) is 116 Å². The summed E-state index contributed by atoms with van der Waals surface area (Å²) < 4.78 is 5.81. The SMILES string of the molecule is CN1C(=O)[C@@H](NC(=O)C2=NC(Cc3ccccc3)N=N2)COc2ccc(C#CCCCO)cc21. The number of amides is 2. The van der Waals surface area contributed by atoms with Crippen molar-refractivity contribution in [2.45, 2.75) is 31.5 Å². The van der Waals surface area contributed by atoms with E-state index >= 15 is 0 Å². The fraction of sp³-hybridized carbons (Fsp3) is 0.320. The Morgan fingerprint density at radius 2 is 2.09 bits per heavy atom. The number of ether oxygens (including phenoxy) is 1. The summed E-state index contributed by atoms with van der Waals surface area (Å²) >= 11 is 0. The molecule has 2 heterocycles. The maximum absolute atomic E-state index is 13.0. The Kier molecular flexibility index (Phi) is 7.30. The van der Waals surface area contributed by atoms with Crippen LogP contribution in [0.15, 0.2) is 63.8 Å². The van der Waals surface area contributed by atoms with Crippen LogP contribution in [0, 0.1) is 11.8 Å². The minimum Gasteiger partial charge on any atom is -0.489 e. The normalized spacial score (nSPS) is 18.8. The molecule has 2 amide bonds. The molecule has 174 valence electrons. The van der Waals surface area contributed by atoms with E-state index in [1.165, 1.54) is 4.90 Å². The lowest BCUT2D eigenvalue weighted by molar-refractivity contribution is -0.124. The molecule has 34 heavy (non-hydrogen) atoms. The van der Waals surface area contributed by atoms with E-state index in [1.54, 1.807) is 19.2 Å². The van der Waals surface area contributed by atoms with Crippen molar-refractivity contribution in [2.75, 3.05) is 25.2 Å². The summed E-state index contributed by atoms with van der Waals surface area (Å²) in [4.78, 5) is 31.5. The van der Waals surface area contributed by atoms with E-state index in [0.717, 1.165) is 11.1 Å². The zero-order valence-electron chi connectivity index (χ0n) is 18.8. The number of aliphatic hydroxyl groups excluding tert-OH is 1. The first kappa shape index (κ1) is 23.1. The highest BCUT2D eigenvalue weighted by Crippen LogP contribution is 2.31. The molecule has 0 bridgehead atoms. The number of likely N-dealkylation sites (N-methyl/N-ethyl adjacent to an activating group) is 1. The first-order valence-electron chi connectivity index (χ1n) is 11.0. The number of carbonyl (C=O) groups is 2. The van der Waals surface area contributed by atoms with Gasteiger partial charge in [0.05, 0.1) is 5.69 Å². The van der Waals surface area contributed by atoms with Gasteiger partial charge in [-0.2, -0.15) is 5.11 Å². The van der Waals surface area contributed by atoms with Crippen molar-refractivity contribution >= 4 is 23.3 Å². The van der Waals surface area contributed by atoms with Crippen molar-refractivity contribution in [1.82, 2.24) is 5.32 Å². The predicted octanol–water partition coefficient (Wildman–Crippen LogP) is 2.08. The molecule has 1 unspecified atom stereocenters. The molecule has 0 fully saturated rings. The number of aliphatic hydroxyl groups is 1. The van der Waals surface area contributed by atoms with Gasteiger partial charge in [0.25, 0.3) is 11.8 Å². The van der Waals surface area contributed by atoms with Crippen LogP contribution >= 0.6 is 0 Å². The molecule has 2 aliphatic heterocycles. The van der Waals surface area contributed by atoms with Crippen molar-refractivity contribution < 1.29 is 19.4 Å². The second-order valence-electron chi connectivity index (χ2n) is 7.88. The largest absolute Gasteiger partial charge is 0.489 e. The number of aliphatic imine (C=N–C) groups is 1. The summed E-state index contributed by atoms with van der Waals surface area (Å²) in [5.74, 6) is 5.58. The number of nitrogens with one attached hydrogen (secondary N) is 1. The molecule has 2 aromatic carbocycles. The minimum absolute atomic E-state index is 0.0265. The number of fused-ring (bicyclic) bond motifs is 1. The summed E-state index contributed by atoms with van der Waals surface area (Å²) in [7, 11) is 1.63. The van der Waals surface area contributed by atoms with Crippen LogP contribution < -0.4 is 15.0 Å². The molecule has 0 radical (unpaired) electrons. The Hall–Kier alpha value is -4.03. The van der Waals surface area contributed by atoms with E-state index in [4.69, 9.17) is 9.84 Å². The monoisotopic (exact) mass is 459 g/mol. The van der Waals surface area contributed by atoms with Gasteiger partial charge >= 0.3 is 0 Å². The molecule has 0 spiro atoms. The van der Waals surface area contributed by atoms with Gasteiger partial charge in [0.15, 0.2) is 6.17 Å². The van der Waals surface area contributed by atoms with Crippen molar-refractivity contribution in [3.8, 4) is 17.6 Å². The Balaban J connectivity index is 1.41. The van der Waals surface area contributed by atoms with E-state index in [0.29, 0.717) is 30.7 Å². The van der Waals surface area contributed by atoms with Crippen LogP contribution in [0.1, 0.15) is 24.0 Å². The molecule has 2 N–H and O–H groups in total. The Morgan fingerprint density at radius 1 is 1.26 bits per heavy atom. The Labute approximate surface area is 197 Å². The van der Waals surface area contributed by atoms with Crippen LogP contribution in [0.3, 0.4) is 0 Å². The number of nitrogens with zero attached hydrogens (tertiary/aromatic N) is 4. The van der Waals surface area contributed by atoms with E-state index in [-0.39, 0.29) is 25.0 Å². The number of anilines is 1. The van der Waals surface area contributed by atoms with Crippen molar-refractivity contribution in [3.05, 3.63) is 59.7 Å². The lowest BCUT2D eigenvalue weighted by Gasteiger charge is -2.20. The second kappa shape index (κ2) is 10.7. The molecule has 2 aliphatic rings. The van der Waals surface area contributed by atoms with Gasteiger partial charge in [0, 0.05) is 32.1 Å². The fourth-order valence-corrected chi connectivity index (χ4v) is 3.56. The number of rotatable bonds is 6. The van der Waals surface area contributed by atoms with Gasteiger partial charge < -0.3 is 20.1 Å². The zero-order valence-corrected chi connectivity index (χ0v) is 18.8. The average molecular weight is 460 g/mol. The van der Waals surface area contributed by atoms with Gasteiger partial charge in [-0.15, -0.1) is 5.11 Å². The smallest absolute Gasteiger partial charge is 0.291 e. The predicted molar refractivity (Wildman–Crippen MR) is 127 cm³/mol. The number of carbonyl (C=O) groups excluding carboxylic acids is 2. The quantitative estimate of drug-likeness (QED) is 0.508. The molecular weight excluding hydrogens is 434 g/mol. The van der Waals surface area contributed by atoms with Crippen LogP contribution in [-0.2, 0) is 16.0 Å². The van der Waals surface area contributed by atoms with Gasteiger partial charge in [-0.25, -0.2) is 4.99 Å². The lowest BCUT2D eigenvalue weighted by Crippen LogP contribution is -2.50. The fourth-order valence-electron chi connectivity index (χ4n) is 3.56. The number of azo groups is 1. The van der Waals surface area contributed by atoms with Crippen LogP contribution in [-0.4, -0.2) is 55.2 Å². The third kappa shape index (κ3) is 5.47. The number of benzene rings is 2. The number of hydrogen-bond donors (Lipinski definition) is 2. The van der Waals surface area contributed by atoms with E-state index < -0.39 is 18.1 Å². The summed E-state index contributed by atoms with van der Waals surface area (Å²) in [5.41, 5.74) is 2.34. The second-order valence-corrected chi connectivity index (χ2v) is 7.88. The van der Waals surface area contributed by atoms with Crippen molar-refractivity contribution in [3.63, 3.8) is 0 Å². The molecule has 0 saturated heterocycles. The zero-order chi connectivity index (χ0) is 23.9. The van der Waals surface area contributed by atoms with Crippen molar-refractivity contribution in [2.24, 2.45) is 15.2 Å². The summed E-state index contributed by atoms with van der Waals surface area (Å²) in [6, 6.07) is 14.1. The Bertz CT molecular complexity index is 1180. The third-order valence-electron chi connectivity index (χ3n) is 5.37. The first-order chi connectivity index (χ1) is 16.5. The third-order valence-corrected chi connectivity index (χ3v) is 5.37. The van der Waals surface area contributed by atoms with Crippen LogP contribution in [0.25, 0.3) is 0 Å². The van der Waals surface area contributed by atoms with Crippen LogP contribution in [0.4, 0.5) is 5.69 Å². The van der Waals surface area contributed by atoms with Gasteiger partial charge in [-0.1, -0.05) is 42.2 Å². The summed E-state index contributed by atoms with van der Waals surface area (Å²) in [5, 5.41) is 19.5. The van der Waals surface area contributed by atoms with E-state index in [9.17, 15) is 9.59 Å². The van der Waals surface area contributed by atoms with Gasteiger partial charge in [-0.05, 0) is 30.2 Å². The lowest BCUT2D eigenvalue weighted by atomic mass is 10.1. The molecule has 9 heteroatoms. The highest BCUT2D eigenvalue weighted by molar-refractivity contribution is 6.38. The molecule has 0 aliphatic carbocycles. The van der Waals surface area contributed by atoms with Crippen LogP contribution in [0.5, 0.6) is 5.75 Å². The van der Waals surface area contributed by atoms with Crippen LogP contribution in [0.2, 0.25) is 0 Å². The molecule has 0 aromatic heterocycles. The maximum Gasteiger partial charge on any atom is 0.291 e. The molecule has 9 nitrogen and oxygen atoms in total.